The summed E-state index contributed by atoms with van der Waals surface area (Å²) in [4.78, 5) is 31.7. The Morgan fingerprint density at radius 2 is 1.70 bits per heavy atom. The van der Waals surface area contributed by atoms with Crippen LogP contribution < -0.4 is 10.5 Å². The molecule has 0 aromatic carbocycles. The van der Waals surface area contributed by atoms with Crippen molar-refractivity contribution >= 4 is 11.6 Å². The van der Waals surface area contributed by atoms with Crippen LogP contribution in [0.15, 0.2) is 17.1 Å². The first-order chi connectivity index (χ1) is 13.1. The number of aromatic nitrogens is 2. The largest absolute Gasteiger partial charge is 0.370 e. The van der Waals surface area contributed by atoms with Gasteiger partial charge in [-0.15, -0.1) is 0 Å². The number of hydrogen-bond acceptors (Lipinski definition) is 5. The fourth-order valence-electron chi connectivity index (χ4n) is 4.13. The Bertz CT molecular complexity index is 673. The van der Waals surface area contributed by atoms with Gasteiger partial charge < -0.3 is 9.80 Å². The van der Waals surface area contributed by atoms with Crippen molar-refractivity contribution in [2.45, 2.75) is 46.1 Å². The topological polar surface area (TPSA) is 61.7 Å². The lowest BCUT2D eigenvalue weighted by molar-refractivity contribution is -0.138. The molecule has 0 aliphatic carbocycles. The zero-order valence-corrected chi connectivity index (χ0v) is 16.8. The Morgan fingerprint density at radius 3 is 2.30 bits per heavy atom. The van der Waals surface area contributed by atoms with Gasteiger partial charge in [-0.05, 0) is 32.2 Å². The first-order valence-electron chi connectivity index (χ1n) is 10.5. The van der Waals surface area contributed by atoms with E-state index >= 15 is 0 Å². The highest BCUT2D eigenvalue weighted by Crippen LogP contribution is 2.24. The molecule has 1 aromatic rings. The second-order valence-electron chi connectivity index (χ2n) is 7.70. The van der Waals surface area contributed by atoms with Gasteiger partial charge in [-0.2, -0.15) is 5.10 Å². The number of aryl methyl sites for hydroxylation is 1. The van der Waals surface area contributed by atoms with E-state index in [0.29, 0.717) is 12.5 Å². The van der Waals surface area contributed by atoms with E-state index < -0.39 is 0 Å². The summed E-state index contributed by atoms with van der Waals surface area (Å²) in [5.41, 5.74) is 0.837. The standard InChI is InChI=1S/C20H33N5O2/c1-3-7-22-11-13-24(14-12-22)20(27)17-5-9-23(10-6-17)18-15-19(26)25(8-4-2)21-16-18/h15-17H,3-14H2,1-2H3. The molecule has 2 aliphatic heterocycles. The molecular formula is C20H33N5O2. The molecule has 27 heavy (non-hydrogen) atoms. The van der Waals surface area contributed by atoms with Crippen LogP contribution in [-0.4, -0.2) is 71.3 Å². The van der Waals surface area contributed by atoms with Crippen molar-refractivity contribution in [3.8, 4) is 0 Å². The zero-order chi connectivity index (χ0) is 19.2. The van der Waals surface area contributed by atoms with Crippen LogP contribution in [-0.2, 0) is 11.3 Å². The van der Waals surface area contributed by atoms with Crippen LogP contribution in [0.1, 0.15) is 39.5 Å². The average molecular weight is 376 g/mol. The lowest BCUT2D eigenvalue weighted by atomic mass is 9.94. The molecule has 2 fully saturated rings. The predicted octanol–water partition coefficient (Wildman–Crippen LogP) is 1.42. The van der Waals surface area contributed by atoms with Crippen LogP contribution in [0.3, 0.4) is 0 Å². The highest BCUT2D eigenvalue weighted by atomic mass is 16.2. The molecule has 0 N–H and O–H groups in total. The third-order valence-electron chi connectivity index (χ3n) is 5.72. The minimum Gasteiger partial charge on any atom is -0.370 e. The summed E-state index contributed by atoms with van der Waals surface area (Å²) < 4.78 is 1.51. The smallest absolute Gasteiger partial charge is 0.268 e. The SMILES string of the molecule is CCCN1CCN(C(=O)C2CCN(c3cnn(CCC)c(=O)c3)CC2)CC1. The third kappa shape index (κ3) is 4.89. The van der Waals surface area contributed by atoms with Crippen LogP contribution in [0, 0.1) is 5.92 Å². The van der Waals surface area contributed by atoms with E-state index in [0.717, 1.165) is 70.8 Å². The van der Waals surface area contributed by atoms with E-state index in [1.165, 1.54) is 11.1 Å². The molecule has 150 valence electrons. The van der Waals surface area contributed by atoms with Crippen molar-refractivity contribution in [3.63, 3.8) is 0 Å². The van der Waals surface area contributed by atoms with Crippen molar-refractivity contribution in [2.75, 3.05) is 50.7 Å². The van der Waals surface area contributed by atoms with Gasteiger partial charge in [-0.3, -0.25) is 14.5 Å². The summed E-state index contributed by atoms with van der Waals surface area (Å²) in [5.74, 6) is 0.440. The van der Waals surface area contributed by atoms with Crippen molar-refractivity contribution in [2.24, 2.45) is 5.92 Å². The highest BCUT2D eigenvalue weighted by Gasteiger charge is 2.30. The van der Waals surface area contributed by atoms with E-state index in [4.69, 9.17) is 0 Å². The van der Waals surface area contributed by atoms with Crippen LogP contribution in [0.5, 0.6) is 0 Å². The molecule has 7 nitrogen and oxygen atoms in total. The number of anilines is 1. The maximum absolute atomic E-state index is 12.9. The minimum absolute atomic E-state index is 0.0440. The van der Waals surface area contributed by atoms with E-state index in [1.54, 1.807) is 12.3 Å². The second kappa shape index (κ2) is 9.35. The van der Waals surface area contributed by atoms with Gasteiger partial charge in [-0.1, -0.05) is 13.8 Å². The van der Waals surface area contributed by atoms with Gasteiger partial charge in [0.15, 0.2) is 0 Å². The molecule has 0 spiro atoms. The lowest BCUT2D eigenvalue weighted by Crippen LogP contribution is -2.51. The molecule has 2 aliphatic rings. The first kappa shape index (κ1) is 19.9. The van der Waals surface area contributed by atoms with E-state index in [1.807, 2.05) is 6.92 Å². The first-order valence-corrected chi connectivity index (χ1v) is 10.5. The van der Waals surface area contributed by atoms with E-state index in [9.17, 15) is 9.59 Å². The van der Waals surface area contributed by atoms with Crippen LogP contribution in [0.2, 0.25) is 0 Å². The van der Waals surface area contributed by atoms with Gasteiger partial charge in [0.25, 0.3) is 5.56 Å². The quantitative estimate of drug-likeness (QED) is 0.753. The molecular weight excluding hydrogens is 342 g/mol. The predicted molar refractivity (Wildman–Crippen MR) is 107 cm³/mol. The number of rotatable bonds is 6. The zero-order valence-electron chi connectivity index (χ0n) is 16.8. The molecule has 3 heterocycles. The molecule has 0 bridgehead atoms. The molecule has 1 aromatic heterocycles. The highest BCUT2D eigenvalue weighted by molar-refractivity contribution is 5.79. The Morgan fingerprint density at radius 1 is 1.04 bits per heavy atom. The van der Waals surface area contributed by atoms with Crippen LogP contribution in [0.25, 0.3) is 0 Å². The lowest BCUT2D eigenvalue weighted by Gasteiger charge is -2.39. The number of amides is 1. The van der Waals surface area contributed by atoms with Gasteiger partial charge in [0, 0.05) is 57.8 Å². The molecule has 2 saturated heterocycles. The fourth-order valence-corrected chi connectivity index (χ4v) is 4.13. The number of carbonyl (C=O) groups is 1. The summed E-state index contributed by atoms with van der Waals surface area (Å²) in [6.45, 7) is 11.4. The summed E-state index contributed by atoms with van der Waals surface area (Å²) in [5, 5.41) is 4.28. The normalized spacial score (nSPS) is 19.5. The van der Waals surface area contributed by atoms with E-state index in [2.05, 4.69) is 26.7 Å². The van der Waals surface area contributed by atoms with Gasteiger partial charge in [-0.25, -0.2) is 4.68 Å². The molecule has 1 amide bonds. The molecule has 7 heteroatoms. The number of hydrogen-bond donors (Lipinski definition) is 0. The Kier molecular flexibility index (Phi) is 6.88. The maximum Gasteiger partial charge on any atom is 0.268 e. The fraction of sp³-hybridized carbons (Fsp3) is 0.750. The summed E-state index contributed by atoms with van der Waals surface area (Å²) in [7, 11) is 0. The molecule has 0 saturated carbocycles. The maximum atomic E-state index is 12.9. The van der Waals surface area contributed by atoms with Gasteiger partial charge in [0.1, 0.15) is 0 Å². The summed E-state index contributed by atoms with van der Waals surface area (Å²) >= 11 is 0. The minimum atomic E-state index is -0.0440. The van der Waals surface area contributed by atoms with E-state index in [-0.39, 0.29) is 11.5 Å². The average Bonchev–Trinajstić information content (AvgIpc) is 2.70. The Hall–Kier alpha value is -1.89. The number of carbonyl (C=O) groups excluding carboxylic acids is 1. The van der Waals surface area contributed by atoms with Gasteiger partial charge in [0.2, 0.25) is 5.91 Å². The van der Waals surface area contributed by atoms with Gasteiger partial charge in [0.05, 0.1) is 11.9 Å². The molecule has 0 unspecified atom stereocenters. The molecule has 0 atom stereocenters. The second-order valence-corrected chi connectivity index (χ2v) is 7.70. The number of piperidine rings is 1. The van der Waals surface area contributed by atoms with Crippen LogP contribution >= 0.6 is 0 Å². The number of nitrogens with zero attached hydrogens (tertiary/aromatic N) is 5. The Balaban J connectivity index is 1.51. The molecule has 3 rings (SSSR count). The van der Waals surface area contributed by atoms with Gasteiger partial charge >= 0.3 is 0 Å². The summed E-state index contributed by atoms with van der Waals surface area (Å²) in [6, 6.07) is 1.68. The van der Waals surface area contributed by atoms with Crippen molar-refractivity contribution in [1.82, 2.24) is 19.6 Å². The van der Waals surface area contributed by atoms with Crippen molar-refractivity contribution in [1.29, 1.82) is 0 Å². The summed E-state index contributed by atoms with van der Waals surface area (Å²) in [6.07, 6.45) is 5.56. The third-order valence-corrected chi connectivity index (χ3v) is 5.72. The number of piperazine rings is 1. The molecule has 0 radical (unpaired) electrons. The Labute approximate surface area is 161 Å². The van der Waals surface area contributed by atoms with Crippen molar-refractivity contribution in [3.05, 3.63) is 22.6 Å². The monoisotopic (exact) mass is 375 g/mol. The van der Waals surface area contributed by atoms with Crippen LogP contribution in [0.4, 0.5) is 5.69 Å². The van der Waals surface area contributed by atoms with Crippen molar-refractivity contribution < 1.29 is 4.79 Å².